The predicted molar refractivity (Wildman–Crippen MR) is 76.7 cm³/mol. The first-order valence-electron chi connectivity index (χ1n) is 7.21. The highest BCUT2D eigenvalue weighted by Gasteiger charge is 2.32. The summed E-state index contributed by atoms with van der Waals surface area (Å²) in [7, 11) is 0. The first-order valence-corrected chi connectivity index (χ1v) is 7.21. The van der Waals surface area contributed by atoms with Crippen LogP contribution in [-0.2, 0) is 4.79 Å². The van der Waals surface area contributed by atoms with Crippen LogP contribution in [0.2, 0.25) is 0 Å². The van der Waals surface area contributed by atoms with Crippen LogP contribution in [0, 0.1) is 17.8 Å². The van der Waals surface area contributed by atoms with Crippen molar-refractivity contribution in [1.82, 2.24) is 5.32 Å². The smallest absolute Gasteiger partial charge is 0.223 e. The normalized spacial score (nSPS) is 23.2. The van der Waals surface area contributed by atoms with Gasteiger partial charge in [-0.15, -0.1) is 12.4 Å². The second-order valence-corrected chi connectivity index (χ2v) is 5.98. The average molecular weight is 275 g/mol. The number of carbonyl (C=O) groups excluding carboxylic acids is 1. The van der Waals surface area contributed by atoms with Crippen molar-refractivity contribution in [3.63, 3.8) is 0 Å². The van der Waals surface area contributed by atoms with Crippen LogP contribution in [0.4, 0.5) is 0 Å². The Hall–Kier alpha value is -0.280. The van der Waals surface area contributed by atoms with Crippen molar-refractivity contribution in [2.24, 2.45) is 23.5 Å². The van der Waals surface area contributed by atoms with E-state index in [2.05, 4.69) is 12.2 Å². The van der Waals surface area contributed by atoms with Gasteiger partial charge in [0.2, 0.25) is 5.91 Å². The van der Waals surface area contributed by atoms with Crippen molar-refractivity contribution in [3.8, 4) is 0 Å². The van der Waals surface area contributed by atoms with E-state index in [1.165, 1.54) is 38.5 Å². The topological polar surface area (TPSA) is 55.1 Å². The fourth-order valence-electron chi connectivity index (χ4n) is 3.05. The molecular formula is C14H27ClN2O. The van der Waals surface area contributed by atoms with E-state index in [-0.39, 0.29) is 30.3 Å². The number of amides is 1. The Kier molecular flexibility index (Phi) is 6.44. The Balaban J connectivity index is 0.00000162. The van der Waals surface area contributed by atoms with Crippen molar-refractivity contribution in [2.75, 3.05) is 6.54 Å². The number of hydrogen-bond donors (Lipinski definition) is 2. The van der Waals surface area contributed by atoms with E-state index in [0.29, 0.717) is 12.5 Å². The van der Waals surface area contributed by atoms with E-state index < -0.39 is 0 Å². The van der Waals surface area contributed by atoms with Gasteiger partial charge in [-0.3, -0.25) is 4.79 Å². The summed E-state index contributed by atoms with van der Waals surface area (Å²) in [5, 5.41) is 3.14. The first kappa shape index (κ1) is 15.8. The largest absolute Gasteiger partial charge is 0.352 e. The van der Waals surface area contributed by atoms with Gasteiger partial charge in [-0.05, 0) is 31.1 Å². The molecule has 3 N–H and O–H groups in total. The van der Waals surface area contributed by atoms with E-state index in [9.17, 15) is 4.79 Å². The Morgan fingerprint density at radius 3 is 2.39 bits per heavy atom. The van der Waals surface area contributed by atoms with Crippen molar-refractivity contribution >= 4 is 18.3 Å². The molecule has 0 radical (unpaired) electrons. The monoisotopic (exact) mass is 274 g/mol. The lowest BCUT2D eigenvalue weighted by Crippen LogP contribution is -2.44. The number of halogens is 1. The SMILES string of the molecule is CC(CC1CCCC1)C(=O)NC(CN)C1CC1.Cl. The molecule has 2 saturated carbocycles. The third kappa shape index (κ3) is 4.43. The van der Waals surface area contributed by atoms with Gasteiger partial charge < -0.3 is 11.1 Å². The van der Waals surface area contributed by atoms with Gasteiger partial charge in [-0.2, -0.15) is 0 Å². The maximum Gasteiger partial charge on any atom is 0.223 e. The van der Waals surface area contributed by atoms with Crippen LogP contribution >= 0.6 is 12.4 Å². The molecule has 2 fully saturated rings. The van der Waals surface area contributed by atoms with Crippen LogP contribution in [0.1, 0.15) is 51.9 Å². The van der Waals surface area contributed by atoms with Gasteiger partial charge in [0.05, 0.1) is 0 Å². The van der Waals surface area contributed by atoms with Crippen LogP contribution in [0.15, 0.2) is 0 Å². The van der Waals surface area contributed by atoms with Gasteiger partial charge in [-0.1, -0.05) is 32.6 Å². The average Bonchev–Trinajstić information content (AvgIpc) is 3.04. The molecule has 0 heterocycles. The zero-order chi connectivity index (χ0) is 12.3. The van der Waals surface area contributed by atoms with Crippen LogP contribution in [-0.4, -0.2) is 18.5 Å². The molecule has 0 aliphatic heterocycles. The van der Waals surface area contributed by atoms with E-state index in [0.717, 1.165) is 12.3 Å². The lowest BCUT2D eigenvalue weighted by atomic mass is 9.93. The fourth-order valence-corrected chi connectivity index (χ4v) is 3.05. The van der Waals surface area contributed by atoms with Crippen LogP contribution in [0.5, 0.6) is 0 Å². The quantitative estimate of drug-likeness (QED) is 0.782. The fraction of sp³-hybridized carbons (Fsp3) is 0.929. The van der Waals surface area contributed by atoms with Gasteiger partial charge in [-0.25, -0.2) is 0 Å². The van der Waals surface area contributed by atoms with Crippen LogP contribution in [0.25, 0.3) is 0 Å². The molecule has 0 spiro atoms. The minimum Gasteiger partial charge on any atom is -0.352 e. The maximum atomic E-state index is 12.1. The lowest BCUT2D eigenvalue weighted by molar-refractivity contribution is -0.125. The number of nitrogens with one attached hydrogen (secondary N) is 1. The molecule has 18 heavy (non-hydrogen) atoms. The molecule has 0 saturated heterocycles. The molecule has 1 amide bonds. The van der Waals surface area contributed by atoms with Crippen molar-refractivity contribution in [2.45, 2.75) is 57.9 Å². The van der Waals surface area contributed by atoms with E-state index >= 15 is 0 Å². The first-order chi connectivity index (χ1) is 8.20. The zero-order valence-electron chi connectivity index (χ0n) is 11.4. The third-order valence-corrected chi connectivity index (χ3v) is 4.38. The minimum atomic E-state index is 0. The Morgan fingerprint density at radius 1 is 1.28 bits per heavy atom. The molecule has 0 bridgehead atoms. The van der Waals surface area contributed by atoms with Crippen LogP contribution < -0.4 is 11.1 Å². The molecule has 3 nitrogen and oxygen atoms in total. The van der Waals surface area contributed by atoms with E-state index in [4.69, 9.17) is 5.73 Å². The highest BCUT2D eigenvalue weighted by molar-refractivity contribution is 5.85. The maximum absolute atomic E-state index is 12.1. The molecule has 0 aromatic heterocycles. The summed E-state index contributed by atoms with van der Waals surface area (Å²) in [5.41, 5.74) is 5.71. The summed E-state index contributed by atoms with van der Waals surface area (Å²) in [4.78, 5) is 12.1. The standard InChI is InChI=1S/C14H26N2O.ClH/c1-10(8-11-4-2-3-5-11)14(17)16-13(9-15)12-6-7-12;/h10-13H,2-9,15H2,1H3,(H,16,17);1H. The molecule has 2 rings (SSSR count). The van der Waals surface area contributed by atoms with Gasteiger partial charge in [0.15, 0.2) is 0 Å². The minimum absolute atomic E-state index is 0. The van der Waals surface area contributed by atoms with Gasteiger partial charge in [0.25, 0.3) is 0 Å². The second kappa shape index (κ2) is 7.34. The number of hydrogen-bond acceptors (Lipinski definition) is 2. The lowest BCUT2D eigenvalue weighted by Gasteiger charge is -2.21. The van der Waals surface area contributed by atoms with Gasteiger partial charge in [0.1, 0.15) is 0 Å². The zero-order valence-corrected chi connectivity index (χ0v) is 12.2. The van der Waals surface area contributed by atoms with Crippen molar-refractivity contribution < 1.29 is 4.79 Å². The third-order valence-electron chi connectivity index (χ3n) is 4.38. The molecule has 0 aromatic rings. The number of carbonyl (C=O) groups is 1. The molecule has 2 aliphatic carbocycles. The highest BCUT2D eigenvalue weighted by Crippen LogP contribution is 2.33. The molecule has 2 atom stereocenters. The molecule has 106 valence electrons. The predicted octanol–water partition coefficient (Wildman–Crippen LogP) is 2.48. The molecular weight excluding hydrogens is 248 g/mol. The Morgan fingerprint density at radius 2 is 1.89 bits per heavy atom. The summed E-state index contributed by atoms with van der Waals surface area (Å²) < 4.78 is 0. The Bertz CT molecular complexity index is 263. The molecule has 2 unspecified atom stereocenters. The molecule has 2 aliphatic rings. The molecule has 0 aromatic carbocycles. The summed E-state index contributed by atoms with van der Waals surface area (Å²) in [6.07, 6.45) is 8.88. The van der Waals surface area contributed by atoms with Crippen molar-refractivity contribution in [1.29, 1.82) is 0 Å². The van der Waals surface area contributed by atoms with E-state index in [1.54, 1.807) is 0 Å². The summed E-state index contributed by atoms with van der Waals surface area (Å²) in [6.45, 7) is 2.65. The van der Waals surface area contributed by atoms with Gasteiger partial charge in [0, 0.05) is 18.5 Å². The second-order valence-electron chi connectivity index (χ2n) is 5.98. The summed E-state index contributed by atoms with van der Waals surface area (Å²) in [6, 6.07) is 0.230. The van der Waals surface area contributed by atoms with Gasteiger partial charge >= 0.3 is 0 Å². The highest BCUT2D eigenvalue weighted by atomic mass is 35.5. The van der Waals surface area contributed by atoms with Crippen LogP contribution in [0.3, 0.4) is 0 Å². The number of rotatable bonds is 6. The number of nitrogens with two attached hydrogens (primary N) is 1. The Labute approximate surface area is 117 Å². The van der Waals surface area contributed by atoms with Crippen molar-refractivity contribution in [3.05, 3.63) is 0 Å². The molecule has 4 heteroatoms. The summed E-state index contributed by atoms with van der Waals surface area (Å²) >= 11 is 0. The van der Waals surface area contributed by atoms with E-state index in [1.807, 2.05) is 0 Å². The summed E-state index contributed by atoms with van der Waals surface area (Å²) in [5.74, 6) is 1.82.